The summed E-state index contributed by atoms with van der Waals surface area (Å²) >= 11 is 0. The topological polar surface area (TPSA) is 32.5 Å². The molecule has 1 saturated carbocycles. The number of likely N-dealkylation sites (N-methyl/N-ethyl adjacent to an activating group) is 1. The van der Waals surface area contributed by atoms with Crippen molar-refractivity contribution in [2.45, 2.75) is 38.0 Å². The normalized spacial score (nSPS) is 18.0. The lowest BCUT2D eigenvalue weighted by Crippen LogP contribution is -2.44. The van der Waals surface area contributed by atoms with Crippen molar-refractivity contribution in [2.75, 3.05) is 38.1 Å². The fourth-order valence-corrected chi connectivity index (χ4v) is 5.62. The molecule has 0 unspecified atom stereocenters. The minimum Gasteiger partial charge on any atom is -0.458 e. The third kappa shape index (κ3) is 4.12. The predicted molar refractivity (Wildman–Crippen MR) is 140 cm³/mol. The van der Waals surface area contributed by atoms with Crippen LogP contribution in [-0.2, 0) is 0 Å². The molecule has 2 aromatic heterocycles. The molecular weight excluding hydrogens is 418 g/mol. The molecule has 2 fully saturated rings. The highest BCUT2D eigenvalue weighted by molar-refractivity contribution is 5.94. The summed E-state index contributed by atoms with van der Waals surface area (Å²) in [4.78, 5) is 9.82. The van der Waals surface area contributed by atoms with Crippen LogP contribution in [0.4, 0.5) is 5.69 Å². The third-order valence-electron chi connectivity index (χ3n) is 7.66. The molecule has 174 valence electrons. The zero-order valence-electron chi connectivity index (χ0n) is 20.0. The number of benzene rings is 2. The van der Waals surface area contributed by atoms with Gasteiger partial charge >= 0.3 is 0 Å². The SMILES string of the molecule is CN1CCN(c2ccc(-c3cnc4c(-c5ccccc5)c(C5CCCCC5)oc4c3)cc2)CC1. The Hall–Kier alpha value is -3.11. The van der Waals surface area contributed by atoms with Gasteiger partial charge in [0.15, 0.2) is 5.58 Å². The fourth-order valence-electron chi connectivity index (χ4n) is 5.62. The summed E-state index contributed by atoms with van der Waals surface area (Å²) in [6.07, 6.45) is 8.34. The van der Waals surface area contributed by atoms with E-state index in [0.717, 1.165) is 48.6 Å². The molecule has 4 heteroatoms. The summed E-state index contributed by atoms with van der Waals surface area (Å²) in [5.74, 6) is 1.63. The number of rotatable bonds is 4. The van der Waals surface area contributed by atoms with E-state index in [-0.39, 0.29) is 0 Å². The molecule has 0 radical (unpaired) electrons. The van der Waals surface area contributed by atoms with Gasteiger partial charge in [-0.1, -0.05) is 61.7 Å². The van der Waals surface area contributed by atoms with Gasteiger partial charge in [-0.05, 0) is 49.2 Å². The van der Waals surface area contributed by atoms with Crippen molar-refractivity contribution in [3.05, 3.63) is 72.6 Å². The van der Waals surface area contributed by atoms with E-state index >= 15 is 0 Å². The summed E-state index contributed by atoms with van der Waals surface area (Å²) in [5.41, 5.74) is 7.89. The molecule has 2 aromatic carbocycles. The van der Waals surface area contributed by atoms with Crippen molar-refractivity contribution in [1.29, 1.82) is 0 Å². The summed E-state index contributed by atoms with van der Waals surface area (Å²) < 4.78 is 6.61. The number of hydrogen-bond acceptors (Lipinski definition) is 4. The molecule has 34 heavy (non-hydrogen) atoms. The summed E-state index contributed by atoms with van der Waals surface area (Å²) in [7, 11) is 2.20. The van der Waals surface area contributed by atoms with Crippen LogP contribution in [0.5, 0.6) is 0 Å². The van der Waals surface area contributed by atoms with Gasteiger partial charge in [0.1, 0.15) is 11.3 Å². The van der Waals surface area contributed by atoms with Crippen LogP contribution in [0.1, 0.15) is 43.8 Å². The first kappa shape index (κ1) is 21.4. The van der Waals surface area contributed by atoms with Crippen molar-refractivity contribution in [1.82, 2.24) is 9.88 Å². The number of nitrogens with zero attached hydrogens (tertiary/aromatic N) is 3. The van der Waals surface area contributed by atoms with Gasteiger partial charge in [-0.15, -0.1) is 0 Å². The molecular formula is C30H33N3O. The second-order valence-electron chi connectivity index (χ2n) is 9.95. The van der Waals surface area contributed by atoms with Crippen molar-refractivity contribution in [3.8, 4) is 22.3 Å². The lowest BCUT2D eigenvalue weighted by atomic mass is 9.85. The number of anilines is 1. The van der Waals surface area contributed by atoms with Gasteiger partial charge in [0.25, 0.3) is 0 Å². The average Bonchev–Trinajstić information content (AvgIpc) is 3.29. The number of piperazine rings is 1. The first-order chi connectivity index (χ1) is 16.8. The van der Waals surface area contributed by atoms with Crippen LogP contribution in [0, 0.1) is 0 Å². The smallest absolute Gasteiger partial charge is 0.154 e. The molecule has 0 atom stereocenters. The van der Waals surface area contributed by atoms with Gasteiger partial charge < -0.3 is 14.2 Å². The predicted octanol–water partition coefficient (Wildman–Crippen LogP) is 6.96. The Bertz CT molecular complexity index is 1250. The standard InChI is InChI=1S/C30H33N3O/c1-32-16-18-33(19-17-32)26-14-12-22(13-15-26)25-20-27-29(31-21-25)28(23-8-4-2-5-9-23)30(34-27)24-10-6-3-7-11-24/h2,4-5,8-9,12-15,20-21,24H,3,6-7,10-11,16-19H2,1H3. The van der Waals surface area contributed by atoms with Crippen molar-refractivity contribution < 1.29 is 4.42 Å². The minimum absolute atomic E-state index is 0.490. The highest BCUT2D eigenvalue weighted by atomic mass is 16.3. The van der Waals surface area contributed by atoms with Crippen molar-refractivity contribution >= 4 is 16.8 Å². The van der Waals surface area contributed by atoms with E-state index in [9.17, 15) is 0 Å². The number of furan rings is 1. The zero-order chi connectivity index (χ0) is 22.9. The van der Waals surface area contributed by atoms with E-state index in [1.807, 2.05) is 6.20 Å². The van der Waals surface area contributed by atoms with E-state index < -0.39 is 0 Å². The van der Waals surface area contributed by atoms with Gasteiger partial charge in [0.2, 0.25) is 0 Å². The molecule has 1 saturated heterocycles. The van der Waals surface area contributed by atoms with E-state index in [4.69, 9.17) is 9.40 Å². The Labute approximate surface area is 202 Å². The second kappa shape index (κ2) is 9.27. The number of aromatic nitrogens is 1. The molecule has 1 aliphatic heterocycles. The first-order valence-corrected chi connectivity index (χ1v) is 12.8. The third-order valence-corrected chi connectivity index (χ3v) is 7.66. The monoisotopic (exact) mass is 451 g/mol. The van der Waals surface area contributed by atoms with Gasteiger partial charge in [-0.2, -0.15) is 0 Å². The molecule has 0 N–H and O–H groups in total. The van der Waals surface area contributed by atoms with Gasteiger partial charge in [0.05, 0.1) is 0 Å². The summed E-state index contributed by atoms with van der Waals surface area (Å²) in [6.45, 7) is 4.41. The lowest BCUT2D eigenvalue weighted by Gasteiger charge is -2.34. The van der Waals surface area contributed by atoms with Gasteiger partial charge in [0, 0.05) is 55.1 Å². The quantitative estimate of drug-likeness (QED) is 0.336. The Kier molecular flexibility index (Phi) is 5.84. The molecule has 1 aliphatic carbocycles. The van der Waals surface area contributed by atoms with Crippen LogP contribution in [0.15, 0.2) is 71.3 Å². The lowest BCUT2D eigenvalue weighted by molar-refractivity contribution is 0.313. The highest BCUT2D eigenvalue weighted by Gasteiger charge is 2.26. The molecule has 2 aliphatic rings. The van der Waals surface area contributed by atoms with Crippen LogP contribution >= 0.6 is 0 Å². The summed E-state index contributed by atoms with van der Waals surface area (Å²) in [6, 6.07) is 21.8. The van der Waals surface area contributed by atoms with Gasteiger partial charge in [-0.3, -0.25) is 4.98 Å². The molecule has 0 spiro atoms. The van der Waals surface area contributed by atoms with Crippen LogP contribution in [0.3, 0.4) is 0 Å². The molecule has 4 aromatic rings. The maximum Gasteiger partial charge on any atom is 0.154 e. The number of hydrogen-bond donors (Lipinski definition) is 0. The Morgan fingerprint density at radius 1 is 0.794 bits per heavy atom. The van der Waals surface area contributed by atoms with E-state index in [2.05, 4.69) is 77.5 Å². The molecule has 4 nitrogen and oxygen atoms in total. The first-order valence-electron chi connectivity index (χ1n) is 12.8. The number of pyridine rings is 1. The molecule has 6 rings (SSSR count). The Morgan fingerprint density at radius 2 is 1.53 bits per heavy atom. The Morgan fingerprint density at radius 3 is 2.26 bits per heavy atom. The van der Waals surface area contributed by atoms with Crippen molar-refractivity contribution in [3.63, 3.8) is 0 Å². The van der Waals surface area contributed by atoms with Crippen LogP contribution in [0.25, 0.3) is 33.4 Å². The Balaban J connectivity index is 1.35. The summed E-state index contributed by atoms with van der Waals surface area (Å²) in [5, 5.41) is 0. The molecule has 0 amide bonds. The average molecular weight is 452 g/mol. The highest BCUT2D eigenvalue weighted by Crippen LogP contribution is 2.43. The zero-order valence-corrected chi connectivity index (χ0v) is 20.0. The maximum absolute atomic E-state index is 6.61. The molecule has 0 bridgehead atoms. The maximum atomic E-state index is 6.61. The second-order valence-corrected chi connectivity index (χ2v) is 9.95. The van der Waals surface area contributed by atoms with E-state index in [1.165, 1.54) is 54.5 Å². The van der Waals surface area contributed by atoms with Gasteiger partial charge in [-0.25, -0.2) is 0 Å². The number of fused-ring (bicyclic) bond motifs is 1. The van der Waals surface area contributed by atoms with Crippen LogP contribution in [-0.4, -0.2) is 43.1 Å². The van der Waals surface area contributed by atoms with E-state index in [0.29, 0.717) is 5.92 Å². The van der Waals surface area contributed by atoms with Crippen LogP contribution < -0.4 is 4.90 Å². The largest absolute Gasteiger partial charge is 0.458 e. The minimum atomic E-state index is 0.490. The van der Waals surface area contributed by atoms with E-state index in [1.54, 1.807) is 0 Å². The van der Waals surface area contributed by atoms with Crippen molar-refractivity contribution in [2.24, 2.45) is 0 Å². The molecule has 3 heterocycles. The fraction of sp³-hybridized carbons (Fsp3) is 0.367. The van der Waals surface area contributed by atoms with Crippen LogP contribution in [0.2, 0.25) is 0 Å².